The van der Waals surface area contributed by atoms with Gasteiger partial charge in [-0.15, -0.1) is 0 Å². The van der Waals surface area contributed by atoms with Gasteiger partial charge in [-0.05, 0) is 72.8 Å². The highest BCUT2D eigenvalue weighted by atomic mass is 33.1. The van der Waals surface area contributed by atoms with Gasteiger partial charge >= 0.3 is 41.2 Å². The van der Waals surface area contributed by atoms with Gasteiger partial charge in [0.1, 0.15) is 42.2 Å². The monoisotopic (exact) mass is 1180 g/mol. The van der Waals surface area contributed by atoms with Crippen LogP contribution in [0.3, 0.4) is 0 Å². The topological polar surface area (TPSA) is 468 Å². The number of carboxylic acids is 1. The van der Waals surface area contributed by atoms with Gasteiger partial charge in [0.2, 0.25) is 0 Å². The Balaban J connectivity index is 0.865. The minimum Gasteiger partial charge on any atom is -0.478 e. The standard InChI is InChI=1S/C43H50N11O19P3S2/c44-27-7-10-30-33(18-27)70-34-19-28(45)8-11-31(34)38(30)32-17-25(6-9-29(32)41(56)57)40(55)48-14-16-77-78-24-67-15-3-1-2-12-49-42(58)50-13-4-5-26-21-54(43(59)52-39(26)46)37-20-35(68-23-51-53-47)36(71-37)22-69-75(63,64)73-76(65,66)72-74(60,61)62/h6-11,17-19,21,35-37,44H,1-3,12-16,20,22-24,45H2,(H,48,55)(H,56,57)(H,63,64)(H,65,66)(H2,46,52,59)(H2,49,50,58)(H2,60,61,62)/t35-,36-,37-/m1/s1. The van der Waals surface area contributed by atoms with Gasteiger partial charge in [-0.3, -0.25) is 13.9 Å². The molecule has 3 aliphatic rings. The maximum absolute atomic E-state index is 13.3. The van der Waals surface area contributed by atoms with Crippen molar-refractivity contribution in [3.63, 3.8) is 0 Å². The Hall–Kier alpha value is -6.32. The fraction of sp³-hybridized carbons (Fsp3) is 0.349. The first-order valence-corrected chi connectivity index (χ1v) is 29.8. The second kappa shape index (κ2) is 28.0. The van der Waals surface area contributed by atoms with Crippen LogP contribution < -0.4 is 38.5 Å². The maximum atomic E-state index is 13.3. The third kappa shape index (κ3) is 18.1. The molecule has 1 fully saturated rings. The SMILES string of the molecule is [N-]=[N+]=NCO[C@@H]1C[C@H](n2cc(C#CCNC(=O)NCCCCCOCSSCCNC(=O)c3ccc(C(=O)O)c(-c4c5ccc(=N)cc-5oc5cc(N)ccc45)c3)c(N)nc2=O)O[C@@H]1COP(=O)(O)OP(=O)(O)OP(=O)(O)O. The third-order valence-electron chi connectivity index (χ3n) is 10.7. The Bertz CT molecular complexity index is 3370. The van der Waals surface area contributed by atoms with Crippen molar-refractivity contribution < 1.29 is 84.5 Å². The van der Waals surface area contributed by atoms with Gasteiger partial charge in [-0.25, -0.2) is 28.1 Å². The molecular formula is C43H50N11O19P3S2. The smallest absolute Gasteiger partial charge is 0.478 e. The molecule has 6 rings (SSSR count). The fourth-order valence-corrected chi connectivity index (χ4v) is 12.0. The molecule has 2 unspecified atom stereocenters. The van der Waals surface area contributed by atoms with E-state index < -0.39 is 72.9 Å². The molecule has 0 spiro atoms. The highest BCUT2D eigenvalue weighted by Gasteiger charge is 2.44. The summed E-state index contributed by atoms with van der Waals surface area (Å²) in [6.45, 7) is -0.482. The van der Waals surface area contributed by atoms with Crippen molar-refractivity contribution in [2.45, 2.75) is 44.1 Å². The Labute approximate surface area is 449 Å². The molecule has 2 aliphatic heterocycles. The van der Waals surface area contributed by atoms with Gasteiger partial charge < -0.3 is 76.1 Å². The van der Waals surface area contributed by atoms with E-state index in [0.29, 0.717) is 76.9 Å². The molecule has 0 bridgehead atoms. The Morgan fingerprint density at radius 2 is 1.76 bits per heavy atom. The minimum absolute atomic E-state index is 0.0174. The number of benzene rings is 3. The molecule has 13 N–H and O–H groups in total. The van der Waals surface area contributed by atoms with Crippen molar-refractivity contribution in [3.05, 3.63) is 104 Å². The van der Waals surface area contributed by atoms with E-state index in [4.69, 9.17) is 50.8 Å². The predicted molar refractivity (Wildman–Crippen MR) is 281 cm³/mol. The largest absolute Gasteiger partial charge is 0.490 e. The van der Waals surface area contributed by atoms with Crippen LogP contribution in [0.1, 0.15) is 58.2 Å². The molecule has 1 aliphatic carbocycles. The molecule has 418 valence electrons. The number of carbonyl (C=O) groups excluding carboxylic acids is 2. The number of phosphoric acid groups is 3. The lowest BCUT2D eigenvalue weighted by molar-refractivity contribution is -0.0601. The number of carbonyl (C=O) groups is 3. The summed E-state index contributed by atoms with van der Waals surface area (Å²) in [5.41, 5.74) is 22.2. The van der Waals surface area contributed by atoms with E-state index in [1.165, 1.54) is 52.1 Å². The second-order valence-corrected chi connectivity index (χ2v) is 23.2. The number of nitrogens with two attached hydrogens (primary N) is 2. The number of amides is 3. The van der Waals surface area contributed by atoms with Gasteiger partial charge in [-0.1, -0.05) is 38.5 Å². The van der Waals surface area contributed by atoms with Crippen molar-refractivity contribution in [3.8, 4) is 34.3 Å². The lowest BCUT2D eigenvalue weighted by atomic mass is 9.89. The van der Waals surface area contributed by atoms with E-state index in [2.05, 4.69) is 55.9 Å². The number of azide groups is 1. The van der Waals surface area contributed by atoms with E-state index in [0.717, 1.165) is 17.4 Å². The van der Waals surface area contributed by atoms with Crippen molar-refractivity contribution in [1.82, 2.24) is 25.5 Å². The van der Waals surface area contributed by atoms with Crippen molar-refractivity contribution >= 4 is 85.4 Å². The van der Waals surface area contributed by atoms with Gasteiger partial charge in [0.15, 0.2) is 0 Å². The number of hydrogen-bond acceptors (Lipinski definition) is 21. The molecule has 3 amide bonds. The molecule has 3 aromatic rings. The van der Waals surface area contributed by atoms with Crippen LogP contribution in [0.15, 0.2) is 75.1 Å². The number of nitrogens with one attached hydrogen (secondary N) is 4. The zero-order valence-electron chi connectivity index (χ0n) is 40.5. The lowest BCUT2D eigenvalue weighted by Crippen LogP contribution is -2.36. The number of hydrogen-bond donors (Lipinski definition) is 11. The molecule has 0 saturated carbocycles. The van der Waals surface area contributed by atoms with Crippen molar-refractivity contribution in [2.24, 2.45) is 5.11 Å². The number of rotatable bonds is 27. The number of nitrogen functional groups attached to an aromatic ring is 2. The van der Waals surface area contributed by atoms with Crippen LogP contribution in [-0.4, -0.2) is 116 Å². The van der Waals surface area contributed by atoms with Gasteiger partial charge in [0.05, 0.1) is 35.7 Å². The number of aromatic nitrogens is 2. The molecule has 5 atom stereocenters. The summed E-state index contributed by atoms with van der Waals surface area (Å²) in [6.07, 6.45) is -0.564. The number of unbranched alkanes of at least 4 members (excludes halogenated alkanes) is 2. The Kier molecular flexibility index (Phi) is 21.9. The van der Waals surface area contributed by atoms with E-state index in [1.54, 1.807) is 30.3 Å². The highest BCUT2D eigenvalue weighted by Crippen LogP contribution is 2.66. The molecule has 1 aromatic heterocycles. The summed E-state index contributed by atoms with van der Waals surface area (Å²) in [6, 6.07) is 13.7. The average molecular weight is 1180 g/mol. The fourth-order valence-electron chi connectivity index (χ4n) is 7.41. The number of carboxylic acid groups (broad SMARTS) is 1. The number of ether oxygens (including phenoxy) is 3. The summed E-state index contributed by atoms with van der Waals surface area (Å²) in [5.74, 6) is 4.86. The minimum atomic E-state index is -5.82. The predicted octanol–water partition coefficient (Wildman–Crippen LogP) is 4.99. The normalized spacial score (nSPS) is 16.8. The lowest BCUT2D eigenvalue weighted by Gasteiger charge is -2.21. The molecule has 2 aromatic carbocycles. The summed E-state index contributed by atoms with van der Waals surface area (Å²) < 4.78 is 70.8. The van der Waals surface area contributed by atoms with Crippen LogP contribution >= 0.6 is 45.1 Å². The molecule has 0 radical (unpaired) electrons. The maximum Gasteiger partial charge on any atom is 0.490 e. The number of fused-ring (bicyclic) bond motifs is 2. The Morgan fingerprint density at radius 3 is 2.51 bits per heavy atom. The van der Waals surface area contributed by atoms with Crippen molar-refractivity contribution in [1.29, 1.82) is 5.41 Å². The zero-order chi connectivity index (χ0) is 56.6. The average Bonchev–Trinajstić information content (AvgIpc) is 3.84. The Morgan fingerprint density at radius 1 is 0.962 bits per heavy atom. The van der Waals surface area contributed by atoms with E-state index in [1.807, 2.05) is 0 Å². The summed E-state index contributed by atoms with van der Waals surface area (Å²) >= 11 is 0. The van der Waals surface area contributed by atoms with Crippen LogP contribution in [0.4, 0.5) is 16.3 Å². The number of urea groups is 1. The van der Waals surface area contributed by atoms with Gasteiger partial charge in [0.25, 0.3) is 5.91 Å². The molecule has 1 saturated heterocycles. The molecular weight excluding hydrogens is 1130 g/mol. The van der Waals surface area contributed by atoms with E-state index in [-0.39, 0.29) is 46.7 Å². The number of phosphoric ester groups is 1. The second-order valence-electron chi connectivity index (χ2n) is 16.2. The molecule has 3 heterocycles. The summed E-state index contributed by atoms with van der Waals surface area (Å²) in [7, 11) is -14.1. The zero-order valence-corrected chi connectivity index (χ0v) is 44.8. The van der Waals surface area contributed by atoms with Crippen LogP contribution in [0.5, 0.6) is 0 Å². The van der Waals surface area contributed by atoms with Crippen LogP contribution in [-0.2, 0) is 41.1 Å². The first kappa shape index (κ1) is 60.9. The van der Waals surface area contributed by atoms with Crippen LogP contribution in [0, 0.1) is 17.3 Å². The first-order chi connectivity index (χ1) is 37.0. The summed E-state index contributed by atoms with van der Waals surface area (Å²) in [4.78, 5) is 93.9. The van der Waals surface area contributed by atoms with Crippen LogP contribution in [0.25, 0.3) is 43.9 Å². The van der Waals surface area contributed by atoms with Crippen LogP contribution in [0.2, 0.25) is 0 Å². The first-order valence-electron chi connectivity index (χ1n) is 22.8. The summed E-state index contributed by atoms with van der Waals surface area (Å²) in [5, 5.41) is 30.4. The highest BCUT2D eigenvalue weighted by molar-refractivity contribution is 8.76. The van der Waals surface area contributed by atoms with Crippen molar-refractivity contribution in [2.75, 3.05) is 62.7 Å². The van der Waals surface area contributed by atoms with Gasteiger partial charge in [-0.2, -0.15) is 13.6 Å². The third-order valence-corrected chi connectivity index (χ3v) is 16.6. The molecule has 35 heteroatoms. The molecule has 78 heavy (non-hydrogen) atoms. The quantitative estimate of drug-likeness (QED) is 0.00315. The number of aromatic carboxylic acids is 1. The van der Waals surface area contributed by atoms with Gasteiger partial charge in [0, 0.05) is 82.9 Å². The van der Waals surface area contributed by atoms with E-state index in [9.17, 15) is 47.8 Å². The number of nitrogens with zero attached hydrogens (tertiary/aromatic N) is 5. The van der Waals surface area contributed by atoms with E-state index >= 15 is 0 Å². The molecule has 30 nitrogen and oxygen atoms in total. The number of anilines is 2.